The lowest BCUT2D eigenvalue weighted by molar-refractivity contribution is -0.123. The molecule has 25 heavy (non-hydrogen) atoms. The van der Waals surface area contributed by atoms with Crippen molar-refractivity contribution in [2.75, 3.05) is 24.2 Å². The first-order valence-corrected chi connectivity index (χ1v) is 11.2. The molecule has 0 bridgehead atoms. The number of thioether (sulfide) groups is 1. The predicted octanol–water partition coefficient (Wildman–Crippen LogP) is 4.29. The minimum atomic E-state index is 0.257. The second-order valence-corrected chi connectivity index (χ2v) is 8.99. The van der Waals surface area contributed by atoms with Crippen molar-refractivity contribution in [3.8, 4) is 0 Å². The number of rotatable bonds is 5. The van der Waals surface area contributed by atoms with E-state index in [1.807, 2.05) is 0 Å². The molecule has 2 heterocycles. The molecule has 0 atom stereocenters. The van der Waals surface area contributed by atoms with Crippen molar-refractivity contribution in [2.24, 2.45) is 5.92 Å². The van der Waals surface area contributed by atoms with Crippen LogP contribution in [0, 0.1) is 5.92 Å². The Bertz CT molecular complexity index is 748. The van der Waals surface area contributed by atoms with Gasteiger partial charge in [0.25, 0.3) is 0 Å². The second kappa shape index (κ2) is 7.54. The maximum Gasteiger partial charge on any atom is 0.220 e. The zero-order chi connectivity index (χ0) is 17.2. The van der Waals surface area contributed by atoms with E-state index in [1.165, 1.54) is 28.9 Å². The van der Waals surface area contributed by atoms with Gasteiger partial charge in [0.15, 0.2) is 5.13 Å². The highest BCUT2D eigenvalue weighted by Crippen LogP contribution is 2.35. The van der Waals surface area contributed by atoms with Gasteiger partial charge in [-0.25, -0.2) is 4.98 Å². The fraction of sp³-hybridized carbons (Fsp3) is 0.579. The van der Waals surface area contributed by atoms with E-state index in [2.05, 4.69) is 34.7 Å². The molecular formula is C19H25N3OS2. The molecule has 0 unspecified atom stereocenters. The molecule has 134 valence electrons. The van der Waals surface area contributed by atoms with E-state index in [0.717, 1.165) is 36.6 Å². The lowest BCUT2D eigenvalue weighted by Crippen LogP contribution is -2.41. The summed E-state index contributed by atoms with van der Waals surface area (Å²) >= 11 is 3.55. The van der Waals surface area contributed by atoms with Gasteiger partial charge >= 0.3 is 0 Å². The summed E-state index contributed by atoms with van der Waals surface area (Å²) in [5, 5.41) is 4.31. The van der Waals surface area contributed by atoms with E-state index < -0.39 is 0 Å². The summed E-state index contributed by atoms with van der Waals surface area (Å²) < 4.78 is 1.27. The second-order valence-electron chi connectivity index (χ2n) is 7.13. The largest absolute Gasteiger partial charge is 0.353 e. The van der Waals surface area contributed by atoms with Gasteiger partial charge in [-0.3, -0.25) is 4.79 Å². The molecule has 1 saturated carbocycles. The SMILES string of the molecule is CSc1cccc2sc(N3CCC(CC(=O)NC4CCC4)CC3)nc12. The first-order chi connectivity index (χ1) is 12.2. The van der Waals surface area contributed by atoms with Crippen LogP contribution in [0.3, 0.4) is 0 Å². The van der Waals surface area contributed by atoms with Gasteiger partial charge in [0.05, 0.1) is 10.2 Å². The highest BCUT2D eigenvalue weighted by Gasteiger charge is 2.25. The van der Waals surface area contributed by atoms with E-state index in [0.29, 0.717) is 18.4 Å². The third-order valence-electron chi connectivity index (χ3n) is 5.42. The van der Waals surface area contributed by atoms with Crippen molar-refractivity contribution in [3.63, 3.8) is 0 Å². The number of nitrogens with zero attached hydrogens (tertiary/aromatic N) is 2. The molecule has 0 radical (unpaired) electrons. The number of nitrogens with one attached hydrogen (secondary N) is 1. The minimum absolute atomic E-state index is 0.257. The number of carbonyl (C=O) groups is 1. The average Bonchev–Trinajstić information content (AvgIpc) is 3.03. The Balaban J connectivity index is 1.34. The van der Waals surface area contributed by atoms with Crippen LogP contribution in [-0.4, -0.2) is 36.3 Å². The van der Waals surface area contributed by atoms with Crippen LogP contribution >= 0.6 is 23.1 Å². The van der Waals surface area contributed by atoms with Crippen LogP contribution in [0.4, 0.5) is 5.13 Å². The predicted molar refractivity (Wildman–Crippen MR) is 107 cm³/mol. The quantitative estimate of drug-likeness (QED) is 0.792. The third-order valence-corrected chi connectivity index (χ3v) is 7.27. The normalized spacial score (nSPS) is 19.2. The zero-order valence-electron chi connectivity index (χ0n) is 14.7. The number of amides is 1. The lowest BCUT2D eigenvalue weighted by Gasteiger charge is -2.32. The number of hydrogen-bond donors (Lipinski definition) is 1. The zero-order valence-corrected chi connectivity index (χ0v) is 16.3. The van der Waals surface area contributed by atoms with Crippen molar-refractivity contribution >= 4 is 44.4 Å². The Morgan fingerprint density at radius 3 is 2.80 bits per heavy atom. The van der Waals surface area contributed by atoms with Crippen LogP contribution in [0.25, 0.3) is 10.2 Å². The first kappa shape index (κ1) is 17.2. The lowest BCUT2D eigenvalue weighted by atomic mass is 9.91. The van der Waals surface area contributed by atoms with Crippen molar-refractivity contribution < 1.29 is 4.79 Å². The van der Waals surface area contributed by atoms with Gasteiger partial charge < -0.3 is 10.2 Å². The fourth-order valence-corrected chi connectivity index (χ4v) is 5.31. The highest BCUT2D eigenvalue weighted by molar-refractivity contribution is 7.98. The van der Waals surface area contributed by atoms with Gasteiger partial charge in [-0.1, -0.05) is 17.4 Å². The monoisotopic (exact) mass is 375 g/mol. The maximum absolute atomic E-state index is 12.1. The Morgan fingerprint density at radius 1 is 1.32 bits per heavy atom. The van der Waals surface area contributed by atoms with Gasteiger partial charge in [0.2, 0.25) is 5.91 Å². The van der Waals surface area contributed by atoms with Crippen LogP contribution in [-0.2, 0) is 4.79 Å². The summed E-state index contributed by atoms with van der Waals surface area (Å²) in [6.45, 7) is 2.02. The van der Waals surface area contributed by atoms with Crippen LogP contribution in [0.1, 0.15) is 38.5 Å². The van der Waals surface area contributed by atoms with E-state index in [4.69, 9.17) is 4.98 Å². The number of anilines is 1. The molecule has 4 nitrogen and oxygen atoms in total. The highest BCUT2D eigenvalue weighted by atomic mass is 32.2. The topological polar surface area (TPSA) is 45.2 Å². The van der Waals surface area contributed by atoms with Crippen molar-refractivity contribution in [3.05, 3.63) is 18.2 Å². The van der Waals surface area contributed by atoms with Crippen molar-refractivity contribution in [1.82, 2.24) is 10.3 Å². The van der Waals surface area contributed by atoms with E-state index in [-0.39, 0.29) is 5.91 Å². The van der Waals surface area contributed by atoms with Crippen molar-refractivity contribution in [2.45, 2.75) is 49.5 Å². The molecule has 2 fully saturated rings. The minimum Gasteiger partial charge on any atom is -0.353 e. The Labute approximate surface area is 157 Å². The molecule has 6 heteroatoms. The summed E-state index contributed by atoms with van der Waals surface area (Å²) in [4.78, 5) is 20.7. The van der Waals surface area contributed by atoms with Gasteiger partial charge in [-0.2, -0.15) is 0 Å². The number of fused-ring (bicyclic) bond motifs is 1. The summed E-state index contributed by atoms with van der Waals surface area (Å²) in [6, 6.07) is 6.88. The molecule has 0 spiro atoms. The van der Waals surface area contributed by atoms with Crippen LogP contribution in [0.5, 0.6) is 0 Å². The molecule has 1 amide bonds. The number of thiazole rings is 1. The molecule has 1 aromatic carbocycles. The number of hydrogen-bond acceptors (Lipinski definition) is 5. The summed E-state index contributed by atoms with van der Waals surface area (Å²) in [6.07, 6.45) is 8.57. The number of aromatic nitrogens is 1. The molecule has 1 aliphatic carbocycles. The summed E-state index contributed by atoms with van der Waals surface area (Å²) in [5.41, 5.74) is 1.14. The molecular weight excluding hydrogens is 350 g/mol. The number of piperidine rings is 1. The standard InChI is InChI=1S/C19H25N3OS2/c1-24-15-6-3-7-16-18(15)21-19(25-16)22-10-8-13(9-11-22)12-17(23)20-14-4-2-5-14/h3,6-7,13-14H,2,4-5,8-12H2,1H3,(H,20,23). The Morgan fingerprint density at radius 2 is 2.12 bits per heavy atom. The first-order valence-electron chi connectivity index (χ1n) is 9.21. The van der Waals surface area contributed by atoms with E-state index in [1.54, 1.807) is 23.1 Å². The Kier molecular flexibility index (Phi) is 5.17. The molecule has 1 saturated heterocycles. The van der Waals surface area contributed by atoms with Gasteiger partial charge in [0.1, 0.15) is 0 Å². The van der Waals surface area contributed by atoms with Crippen LogP contribution in [0.2, 0.25) is 0 Å². The maximum atomic E-state index is 12.1. The molecule has 1 N–H and O–H groups in total. The van der Waals surface area contributed by atoms with E-state index >= 15 is 0 Å². The van der Waals surface area contributed by atoms with Crippen LogP contribution in [0.15, 0.2) is 23.1 Å². The smallest absolute Gasteiger partial charge is 0.220 e. The van der Waals surface area contributed by atoms with Crippen LogP contribution < -0.4 is 10.2 Å². The number of benzene rings is 1. The molecule has 4 rings (SSSR count). The van der Waals surface area contributed by atoms with Gasteiger partial charge in [-0.05, 0) is 56.4 Å². The number of carbonyl (C=O) groups excluding carboxylic acids is 1. The van der Waals surface area contributed by atoms with Crippen molar-refractivity contribution in [1.29, 1.82) is 0 Å². The Hall–Kier alpha value is -1.27. The van der Waals surface area contributed by atoms with Gasteiger partial charge in [0, 0.05) is 30.4 Å². The fourth-order valence-electron chi connectivity index (χ4n) is 3.64. The molecule has 2 aliphatic rings. The average molecular weight is 376 g/mol. The molecule has 1 aromatic heterocycles. The molecule has 1 aliphatic heterocycles. The summed E-state index contributed by atoms with van der Waals surface area (Å²) in [7, 11) is 0. The van der Waals surface area contributed by atoms with E-state index in [9.17, 15) is 4.79 Å². The molecule has 2 aromatic rings. The number of para-hydroxylation sites is 1. The van der Waals surface area contributed by atoms with Gasteiger partial charge in [-0.15, -0.1) is 11.8 Å². The summed E-state index contributed by atoms with van der Waals surface area (Å²) in [5.74, 6) is 0.778. The third kappa shape index (κ3) is 3.80.